The van der Waals surface area contributed by atoms with Gasteiger partial charge in [0, 0.05) is 80.4 Å². The fourth-order valence-electron chi connectivity index (χ4n) is 5.82. The summed E-state index contributed by atoms with van der Waals surface area (Å²) in [4.78, 5) is 21.3. The molecule has 5 rings (SSSR count). The van der Waals surface area contributed by atoms with Gasteiger partial charge in [0.25, 0.3) is 25.8 Å². The fraction of sp³-hybridized carbons (Fsp3) is 0.441. The first-order valence-electron chi connectivity index (χ1n) is 16.7. The molecule has 2 aliphatic heterocycles. The van der Waals surface area contributed by atoms with Crippen molar-refractivity contribution >= 4 is 48.9 Å². The van der Waals surface area contributed by atoms with Crippen LogP contribution in [-0.4, -0.2) is 116 Å². The number of hydrogen-bond acceptors (Lipinski definition) is 12. The van der Waals surface area contributed by atoms with Crippen LogP contribution in [0.15, 0.2) is 87.5 Å². The summed E-state index contributed by atoms with van der Waals surface area (Å²) in [6, 6.07) is 17.4. The van der Waals surface area contributed by atoms with Gasteiger partial charge in [-0.3, -0.25) is 4.79 Å². The Morgan fingerprint density at radius 2 is 1.63 bits per heavy atom. The van der Waals surface area contributed by atoms with Crippen LogP contribution in [0, 0.1) is 0 Å². The maximum Gasteiger partial charge on any atom is 0.501 e. The molecule has 1 atom stereocenters. The average molecular weight is 786 g/mol. The van der Waals surface area contributed by atoms with Gasteiger partial charge >= 0.3 is 5.51 Å². The molecule has 1 unspecified atom stereocenters. The second kappa shape index (κ2) is 17.6. The van der Waals surface area contributed by atoms with E-state index in [9.17, 15) is 34.8 Å². The predicted octanol–water partition coefficient (Wildman–Crippen LogP) is 4.47. The van der Waals surface area contributed by atoms with E-state index in [4.69, 9.17) is 9.57 Å². The quantitative estimate of drug-likeness (QED) is 0.223. The summed E-state index contributed by atoms with van der Waals surface area (Å²) in [5.74, 6) is -0.659. The monoisotopic (exact) mass is 785 g/mol. The van der Waals surface area contributed by atoms with Crippen LogP contribution in [0.2, 0.25) is 0 Å². The summed E-state index contributed by atoms with van der Waals surface area (Å²) in [6.45, 7) is 5.89. The molecule has 0 bridgehead atoms. The number of thioether (sulfide) groups is 1. The van der Waals surface area contributed by atoms with Gasteiger partial charge in [-0.2, -0.15) is 18.2 Å². The van der Waals surface area contributed by atoms with Gasteiger partial charge in [0.2, 0.25) is 0 Å². The van der Waals surface area contributed by atoms with Crippen molar-refractivity contribution in [3.8, 4) is 0 Å². The molecule has 284 valence electrons. The van der Waals surface area contributed by atoms with E-state index >= 15 is 0 Å². The number of halogens is 3. The number of rotatable bonds is 14. The van der Waals surface area contributed by atoms with Crippen molar-refractivity contribution in [1.82, 2.24) is 14.7 Å². The van der Waals surface area contributed by atoms with E-state index in [0.29, 0.717) is 70.7 Å². The van der Waals surface area contributed by atoms with Crippen LogP contribution >= 0.6 is 11.8 Å². The first kappa shape index (κ1) is 39.8. The van der Waals surface area contributed by atoms with Crippen LogP contribution in [-0.2, 0) is 29.4 Å². The van der Waals surface area contributed by atoms with E-state index in [1.807, 2.05) is 40.1 Å². The predicted molar refractivity (Wildman–Crippen MR) is 193 cm³/mol. The molecule has 2 heterocycles. The Morgan fingerprint density at radius 3 is 2.31 bits per heavy atom. The maximum absolute atomic E-state index is 14.0. The van der Waals surface area contributed by atoms with Crippen LogP contribution in [0.5, 0.6) is 0 Å². The lowest BCUT2D eigenvalue weighted by atomic mass is 10.2. The Kier molecular flexibility index (Phi) is 13.5. The number of benzene rings is 3. The van der Waals surface area contributed by atoms with Crippen LogP contribution < -0.4 is 14.9 Å². The van der Waals surface area contributed by atoms with Crippen LogP contribution in [0.1, 0.15) is 23.2 Å². The highest BCUT2D eigenvalue weighted by Gasteiger charge is 2.48. The standard InChI is InChI=1S/C34H42F3N5O7S3/c1-48-42-19-17-41(18-20-42)28-10-8-26(9-11-28)33(43)39-52(46,47)30-12-13-31(32(24-30)51(44,45)34(35,36)37)38-27(25-50-29-6-3-2-4-7-29)14-16-40-15-5-22-49-23-21-40/h2-4,6-13,24,27,38H,5,14-23,25H2,1H3,(H,39,43). The molecule has 2 N–H and O–H groups in total. The number of carbonyl (C=O) groups excluding carboxylic acids is 1. The number of hydrogen-bond donors (Lipinski definition) is 2. The van der Waals surface area contributed by atoms with Gasteiger partial charge in [-0.05, 0) is 67.4 Å². The lowest BCUT2D eigenvalue weighted by Gasteiger charge is -2.34. The smallest absolute Gasteiger partial charge is 0.380 e. The summed E-state index contributed by atoms with van der Waals surface area (Å²) in [5.41, 5.74) is -5.34. The zero-order valence-corrected chi connectivity index (χ0v) is 31.0. The minimum atomic E-state index is -6.03. The second-order valence-corrected chi connectivity index (χ2v) is 16.9. The lowest BCUT2D eigenvalue weighted by molar-refractivity contribution is -0.133. The first-order chi connectivity index (χ1) is 24.8. The topological polar surface area (TPSA) is 138 Å². The SMILES string of the molecule is CON1CCN(c2ccc(C(=O)NS(=O)(=O)c3ccc(NC(CCN4CCCOCC4)CSc4ccccc4)c(S(=O)(=O)C(F)(F)F)c3)cc2)CC1. The molecule has 18 heteroatoms. The molecule has 0 spiro atoms. The van der Waals surface area contributed by atoms with E-state index in [0.717, 1.165) is 35.7 Å². The second-order valence-electron chi connectivity index (χ2n) is 12.2. The van der Waals surface area contributed by atoms with Crippen molar-refractivity contribution in [1.29, 1.82) is 0 Å². The third-order valence-corrected chi connectivity index (χ3v) is 12.8. The van der Waals surface area contributed by atoms with Crippen LogP contribution in [0.25, 0.3) is 0 Å². The molecule has 0 aliphatic carbocycles. The van der Waals surface area contributed by atoms with Gasteiger partial charge < -0.3 is 24.7 Å². The molecule has 1 amide bonds. The molecule has 0 aromatic heterocycles. The van der Waals surface area contributed by atoms with Gasteiger partial charge in [0.05, 0.1) is 24.3 Å². The molecule has 12 nitrogen and oxygen atoms in total. The van der Waals surface area contributed by atoms with Crippen molar-refractivity contribution in [3.63, 3.8) is 0 Å². The normalized spacial score (nSPS) is 17.3. The number of sulfonamides is 1. The number of nitrogens with one attached hydrogen (secondary N) is 2. The lowest BCUT2D eigenvalue weighted by Crippen LogP contribution is -2.45. The molecule has 52 heavy (non-hydrogen) atoms. The number of sulfone groups is 1. The van der Waals surface area contributed by atoms with Crippen LogP contribution in [0.4, 0.5) is 24.5 Å². The molecule has 3 aromatic carbocycles. The Balaban J connectivity index is 1.37. The number of nitrogens with zero attached hydrogens (tertiary/aromatic N) is 3. The van der Waals surface area contributed by atoms with Gasteiger partial charge in [0.1, 0.15) is 4.90 Å². The van der Waals surface area contributed by atoms with E-state index in [-0.39, 0.29) is 5.56 Å². The Labute approximate surface area is 306 Å². The molecule has 3 aromatic rings. The fourth-order valence-corrected chi connectivity index (χ4v) is 8.83. The molecule has 0 saturated carbocycles. The molecule has 0 radical (unpaired) electrons. The zero-order valence-electron chi connectivity index (χ0n) is 28.5. The van der Waals surface area contributed by atoms with Gasteiger partial charge in [-0.1, -0.05) is 18.2 Å². The number of carbonyl (C=O) groups is 1. The minimum Gasteiger partial charge on any atom is -0.380 e. The van der Waals surface area contributed by atoms with E-state index in [1.165, 1.54) is 23.9 Å². The minimum absolute atomic E-state index is 0.0148. The summed E-state index contributed by atoms with van der Waals surface area (Å²) in [5, 5.41) is 4.79. The largest absolute Gasteiger partial charge is 0.501 e. The van der Waals surface area contributed by atoms with Crippen LogP contribution in [0.3, 0.4) is 0 Å². The molecule has 2 saturated heterocycles. The highest BCUT2D eigenvalue weighted by molar-refractivity contribution is 7.99. The van der Waals surface area contributed by atoms with Crippen molar-refractivity contribution in [2.75, 3.05) is 82.1 Å². The Morgan fingerprint density at radius 1 is 0.923 bits per heavy atom. The van der Waals surface area contributed by atoms with E-state index in [2.05, 4.69) is 15.1 Å². The third kappa shape index (κ3) is 10.4. The van der Waals surface area contributed by atoms with Crippen molar-refractivity contribution in [2.45, 2.75) is 39.1 Å². The van der Waals surface area contributed by atoms with Crippen molar-refractivity contribution in [2.24, 2.45) is 0 Å². The van der Waals surface area contributed by atoms with Gasteiger partial charge in [0.15, 0.2) is 0 Å². The number of hydroxylamine groups is 2. The Hall–Kier alpha value is -3.39. The maximum atomic E-state index is 14.0. The first-order valence-corrected chi connectivity index (χ1v) is 20.6. The van der Waals surface area contributed by atoms with Crippen molar-refractivity contribution < 1.29 is 44.4 Å². The van der Waals surface area contributed by atoms with Gasteiger partial charge in [-0.25, -0.2) is 21.6 Å². The molecular weight excluding hydrogens is 744 g/mol. The van der Waals surface area contributed by atoms with Crippen molar-refractivity contribution in [3.05, 3.63) is 78.4 Å². The van der Waals surface area contributed by atoms with Gasteiger partial charge in [-0.15, -0.1) is 11.8 Å². The highest BCUT2D eigenvalue weighted by atomic mass is 32.2. The Bertz CT molecular complexity index is 1850. The summed E-state index contributed by atoms with van der Waals surface area (Å²) < 4.78 is 102. The molecular formula is C34H42F3N5O7S3. The number of ether oxygens (including phenoxy) is 1. The number of anilines is 2. The number of amides is 1. The average Bonchev–Trinajstić information content (AvgIpc) is 3.41. The molecule has 2 aliphatic rings. The zero-order chi connectivity index (χ0) is 37.4. The summed E-state index contributed by atoms with van der Waals surface area (Å²) >= 11 is 1.45. The summed E-state index contributed by atoms with van der Waals surface area (Å²) in [6.07, 6.45) is 1.28. The highest BCUT2D eigenvalue weighted by Crippen LogP contribution is 2.36. The number of alkyl halides is 3. The van der Waals surface area contributed by atoms with E-state index in [1.54, 1.807) is 19.2 Å². The van der Waals surface area contributed by atoms with E-state index < -0.39 is 52.8 Å². The molecule has 2 fully saturated rings. The summed E-state index contributed by atoms with van der Waals surface area (Å²) in [7, 11) is -9.25. The number of piperazine rings is 1. The third-order valence-electron chi connectivity index (χ3n) is 8.74.